The van der Waals surface area contributed by atoms with Crippen molar-refractivity contribution >= 4 is 17.5 Å². The fraction of sp³-hybridized carbons (Fsp3) is 0.375. The quantitative estimate of drug-likeness (QED) is 0.843. The average Bonchev–Trinajstić information content (AvgIpc) is 2.86. The first-order chi connectivity index (χ1) is 11.0. The minimum atomic E-state index is -0.317. The second kappa shape index (κ2) is 7.87. The molecule has 2 rings (SSSR count). The summed E-state index contributed by atoms with van der Waals surface area (Å²) in [5.74, 6) is 1.04. The molecule has 0 saturated heterocycles. The highest BCUT2D eigenvalue weighted by Crippen LogP contribution is 2.28. The highest BCUT2D eigenvalue weighted by atomic mass is 35.5. The zero-order valence-electron chi connectivity index (χ0n) is 13.4. The van der Waals surface area contributed by atoms with Gasteiger partial charge in [0, 0.05) is 19.8 Å². The Bertz CT molecular complexity index is 685. The molecule has 0 aliphatic rings. The van der Waals surface area contributed by atoms with Crippen molar-refractivity contribution in [2.24, 2.45) is 7.05 Å². The van der Waals surface area contributed by atoms with Gasteiger partial charge < -0.3 is 14.8 Å². The van der Waals surface area contributed by atoms with E-state index in [0.29, 0.717) is 36.3 Å². The number of carbonyl (C=O) groups excluding carboxylic acids is 1. The van der Waals surface area contributed by atoms with Crippen LogP contribution < -0.4 is 14.8 Å². The molecule has 0 radical (unpaired) electrons. The molecule has 1 N–H and O–H groups in total. The summed E-state index contributed by atoms with van der Waals surface area (Å²) in [6, 6.07) is 5.58. The van der Waals surface area contributed by atoms with E-state index in [0.717, 1.165) is 5.56 Å². The number of benzene rings is 1. The van der Waals surface area contributed by atoms with E-state index in [4.69, 9.17) is 21.1 Å². The smallest absolute Gasteiger partial charge is 0.273 e. The van der Waals surface area contributed by atoms with E-state index in [9.17, 15) is 4.79 Å². The predicted molar refractivity (Wildman–Crippen MR) is 88.2 cm³/mol. The Hall–Kier alpha value is -2.21. The summed E-state index contributed by atoms with van der Waals surface area (Å²) >= 11 is 5.96. The summed E-state index contributed by atoms with van der Waals surface area (Å²) in [5.41, 5.74) is 1.11. The van der Waals surface area contributed by atoms with Crippen LogP contribution in [0.15, 0.2) is 24.4 Å². The Morgan fingerprint density at radius 3 is 2.57 bits per heavy atom. The number of nitrogens with one attached hydrogen (secondary N) is 1. The molecule has 0 atom stereocenters. The third-order valence-electron chi connectivity index (χ3n) is 3.06. The Morgan fingerprint density at radius 1 is 1.26 bits per heavy atom. The number of amides is 1. The topological polar surface area (TPSA) is 65.4 Å². The van der Waals surface area contributed by atoms with E-state index >= 15 is 0 Å². The number of hydrogen-bond donors (Lipinski definition) is 1. The second-order valence-electron chi connectivity index (χ2n) is 4.83. The van der Waals surface area contributed by atoms with Gasteiger partial charge in [0.2, 0.25) is 0 Å². The third kappa shape index (κ3) is 4.39. The lowest BCUT2D eigenvalue weighted by molar-refractivity contribution is 0.0945. The molecule has 1 amide bonds. The number of halogens is 1. The van der Waals surface area contributed by atoms with Crippen LogP contribution in [0, 0.1) is 0 Å². The molecule has 0 fully saturated rings. The monoisotopic (exact) mass is 337 g/mol. The molecular weight excluding hydrogens is 318 g/mol. The number of aromatic nitrogens is 2. The number of hydrogen-bond acceptors (Lipinski definition) is 4. The van der Waals surface area contributed by atoms with Crippen LogP contribution in [0.25, 0.3) is 0 Å². The first kappa shape index (κ1) is 17.1. The van der Waals surface area contributed by atoms with Crippen molar-refractivity contribution in [1.82, 2.24) is 15.1 Å². The van der Waals surface area contributed by atoms with E-state index in [1.165, 1.54) is 4.68 Å². The Labute approximate surface area is 140 Å². The van der Waals surface area contributed by atoms with E-state index in [1.54, 1.807) is 13.2 Å². The fourth-order valence-corrected chi connectivity index (χ4v) is 2.35. The van der Waals surface area contributed by atoms with Crippen LogP contribution in [0.3, 0.4) is 0 Å². The molecule has 0 bridgehead atoms. The molecule has 1 aromatic carbocycles. The van der Waals surface area contributed by atoms with E-state index in [-0.39, 0.29) is 11.6 Å². The van der Waals surface area contributed by atoms with Crippen LogP contribution in [-0.4, -0.2) is 28.9 Å². The van der Waals surface area contributed by atoms with E-state index in [2.05, 4.69) is 10.4 Å². The molecule has 0 aliphatic carbocycles. The van der Waals surface area contributed by atoms with Crippen LogP contribution in [0.1, 0.15) is 29.9 Å². The lowest BCUT2D eigenvalue weighted by atomic mass is 10.2. The van der Waals surface area contributed by atoms with Gasteiger partial charge in [-0.25, -0.2) is 0 Å². The first-order valence-electron chi connectivity index (χ1n) is 7.41. The largest absolute Gasteiger partial charge is 0.490 e. The van der Waals surface area contributed by atoms with Gasteiger partial charge in [-0.1, -0.05) is 17.7 Å². The summed E-state index contributed by atoms with van der Waals surface area (Å²) in [7, 11) is 1.71. The minimum Gasteiger partial charge on any atom is -0.490 e. The minimum absolute atomic E-state index is 0.213. The fourth-order valence-electron chi connectivity index (χ4n) is 2.08. The number of rotatable bonds is 7. The normalized spacial score (nSPS) is 10.4. The highest BCUT2D eigenvalue weighted by molar-refractivity contribution is 6.33. The molecule has 23 heavy (non-hydrogen) atoms. The molecule has 2 aromatic rings. The van der Waals surface area contributed by atoms with E-state index in [1.807, 2.05) is 32.0 Å². The molecule has 1 aromatic heterocycles. The number of nitrogens with zero attached hydrogens (tertiary/aromatic N) is 2. The van der Waals surface area contributed by atoms with Gasteiger partial charge in [0.1, 0.15) is 0 Å². The molecule has 1 heterocycles. The van der Waals surface area contributed by atoms with Gasteiger partial charge in [-0.2, -0.15) is 5.10 Å². The molecule has 7 heteroatoms. The number of carbonyl (C=O) groups is 1. The van der Waals surface area contributed by atoms with Crippen molar-refractivity contribution in [3.05, 3.63) is 40.7 Å². The van der Waals surface area contributed by atoms with Gasteiger partial charge in [0.05, 0.1) is 18.2 Å². The van der Waals surface area contributed by atoms with Gasteiger partial charge in [0.25, 0.3) is 5.91 Å². The lowest BCUT2D eigenvalue weighted by Crippen LogP contribution is -2.23. The zero-order valence-corrected chi connectivity index (χ0v) is 14.2. The maximum Gasteiger partial charge on any atom is 0.273 e. The summed E-state index contributed by atoms with van der Waals surface area (Å²) in [6.07, 6.45) is 1.58. The van der Waals surface area contributed by atoms with Crippen molar-refractivity contribution in [3.8, 4) is 11.5 Å². The second-order valence-corrected chi connectivity index (χ2v) is 5.24. The van der Waals surface area contributed by atoms with Crippen LogP contribution in [0.5, 0.6) is 11.5 Å². The van der Waals surface area contributed by atoms with Crippen LogP contribution in [-0.2, 0) is 13.6 Å². The molecule has 6 nitrogen and oxygen atoms in total. The maximum absolute atomic E-state index is 12.1. The Morgan fingerprint density at radius 2 is 1.96 bits per heavy atom. The predicted octanol–water partition coefficient (Wildman–Crippen LogP) is 2.80. The van der Waals surface area contributed by atoms with Crippen molar-refractivity contribution in [2.75, 3.05) is 13.2 Å². The summed E-state index contributed by atoms with van der Waals surface area (Å²) in [4.78, 5) is 12.1. The van der Waals surface area contributed by atoms with Crippen molar-refractivity contribution < 1.29 is 14.3 Å². The molecular formula is C16H20ClN3O3. The number of aryl methyl sites for hydroxylation is 1. The van der Waals surface area contributed by atoms with Crippen molar-refractivity contribution in [1.29, 1.82) is 0 Å². The van der Waals surface area contributed by atoms with Gasteiger partial charge in [0.15, 0.2) is 17.2 Å². The third-order valence-corrected chi connectivity index (χ3v) is 3.34. The average molecular weight is 338 g/mol. The Kier molecular flexibility index (Phi) is 5.87. The molecule has 124 valence electrons. The molecule has 0 spiro atoms. The van der Waals surface area contributed by atoms with Gasteiger partial charge in [-0.3, -0.25) is 9.48 Å². The summed E-state index contributed by atoms with van der Waals surface area (Å²) < 4.78 is 12.6. The summed E-state index contributed by atoms with van der Waals surface area (Å²) in [6.45, 7) is 5.28. The van der Waals surface area contributed by atoms with Gasteiger partial charge in [-0.05, 0) is 31.5 Å². The first-order valence-corrected chi connectivity index (χ1v) is 7.78. The SMILES string of the molecule is CCOc1ccc(CNC(=O)c2nn(C)cc2Cl)cc1OCC. The maximum atomic E-state index is 12.1. The van der Waals surface area contributed by atoms with Crippen molar-refractivity contribution in [3.63, 3.8) is 0 Å². The Balaban J connectivity index is 2.06. The van der Waals surface area contributed by atoms with Crippen LogP contribution in [0.2, 0.25) is 5.02 Å². The van der Waals surface area contributed by atoms with Gasteiger partial charge in [-0.15, -0.1) is 0 Å². The number of ether oxygens (including phenoxy) is 2. The van der Waals surface area contributed by atoms with Gasteiger partial charge >= 0.3 is 0 Å². The zero-order chi connectivity index (χ0) is 16.8. The lowest BCUT2D eigenvalue weighted by Gasteiger charge is -2.12. The van der Waals surface area contributed by atoms with Crippen LogP contribution >= 0.6 is 11.6 Å². The van der Waals surface area contributed by atoms with E-state index < -0.39 is 0 Å². The van der Waals surface area contributed by atoms with Crippen LogP contribution in [0.4, 0.5) is 0 Å². The molecule has 0 saturated carbocycles. The standard InChI is InChI=1S/C16H20ClN3O3/c1-4-22-13-7-6-11(8-14(13)23-5-2)9-18-16(21)15-12(17)10-20(3)19-15/h6-8,10H,4-5,9H2,1-3H3,(H,18,21). The highest BCUT2D eigenvalue weighted by Gasteiger charge is 2.14. The summed E-state index contributed by atoms with van der Waals surface area (Å²) in [5, 5.41) is 7.16. The molecule has 0 unspecified atom stereocenters. The van der Waals surface area contributed by atoms with Crippen molar-refractivity contribution in [2.45, 2.75) is 20.4 Å². The molecule has 0 aliphatic heterocycles.